The van der Waals surface area contributed by atoms with Crippen LogP contribution in [0.5, 0.6) is 0 Å². The zero-order chi connectivity index (χ0) is 16.6. The number of anilines is 1. The molecular weight excluding hydrogens is 360 g/mol. The molecule has 0 bridgehead atoms. The van der Waals surface area contributed by atoms with Gasteiger partial charge in [0.15, 0.2) is 5.13 Å². The average molecular weight is 383 g/mol. The van der Waals surface area contributed by atoms with Gasteiger partial charge in [-0.25, -0.2) is 9.78 Å². The summed E-state index contributed by atoms with van der Waals surface area (Å²) in [5, 5.41) is 8.62. The van der Waals surface area contributed by atoms with E-state index >= 15 is 0 Å². The molecule has 2 heterocycles. The number of ether oxygens (including phenoxy) is 1. The summed E-state index contributed by atoms with van der Waals surface area (Å²) in [5.41, 5.74) is 1.97. The van der Waals surface area contributed by atoms with Gasteiger partial charge in [0.05, 0.1) is 5.69 Å². The van der Waals surface area contributed by atoms with Crippen LogP contribution in [-0.2, 0) is 17.8 Å². The fourth-order valence-corrected chi connectivity index (χ4v) is 3.26. The Morgan fingerprint density at radius 3 is 2.80 bits per heavy atom. The summed E-state index contributed by atoms with van der Waals surface area (Å²) < 4.78 is 5.20. The van der Waals surface area contributed by atoms with Crippen molar-refractivity contribution in [3.8, 4) is 0 Å². The van der Waals surface area contributed by atoms with Crippen molar-refractivity contribution >= 4 is 35.0 Å². The van der Waals surface area contributed by atoms with Gasteiger partial charge in [-0.3, -0.25) is 5.32 Å². The highest BCUT2D eigenvalue weighted by Crippen LogP contribution is 2.16. The lowest BCUT2D eigenvalue weighted by Gasteiger charge is -2.26. The van der Waals surface area contributed by atoms with E-state index in [-0.39, 0.29) is 19.0 Å². The Labute approximate surface area is 158 Å². The molecule has 136 valence electrons. The van der Waals surface area contributed by atoms with Crippen molar-refractivity contribution in [2.75, 3.05) is 38.0 Å². The Kier molecular flexibility index (Phi) is 8.14. The average Bonchev–Trinajstić information content (AvgIpc) is 3.07. The first-order valence-electron chi connectivity index (χ1n) is 8.15. The van der Waals surface area contributed by atoms with Crippen LogP contribution in [0.4, 0.5) is 9.93 Å². The quantitative estimate of drug-likeness (QED) is 0.804. The Hall–Kier alpha value is -1.67. The van der Waals surface area contributed by atoms with E-state index in [9.17, 15) is 4.79 Å². The molecule has 2 aromatic rings. The summed E-state index contributed by atoms with van der Waals surface area (Å²) in [4.78, 5) is 18.7. The number of thiazole rings is 1. The van der Waals surface area contributed by atoms with Gasteiger partial charge in [0.2, 0.25) is 0 Å². The van der Waals surface area contributed by atoms with E-state index in [1.165, 1.54) is 11.3 Å². The standard InChI is InChI=1S/C17H22N4O2S.ClH/c22-17(23-12-14-4-2-1-3-5-14)20-16-19-15(13-24-16)6-9-21-10-7-18-8-11-21;/h1-5,13,18H,6-12H2,(H,19,20,22);1H. The maximum absolute atomic E-state index is 11.8. The van der Waals surface area contributed by atoms with Crippen molar-refractivity contribution in [2.45, 2.75) is 13.0 Å². The number of piperazine rings is 1. The predicted molar refractivity (Wildman–Crippen MR) is 103 cm³/mol. The minimum atomic E-state index is -0.471. The van der Waals surface area contributed by atoms with Crippen LogP contribution in [0.2, 0.25) is 0 Å². The molecule has 25 heavy (non-hydrogen) atoms. The molecule has 1 aliphatic heterocycles. The number of halogens is 1. The Balaban J connectivity index is 0.00000225. The molecule has 6 nitrogen and oxygen atoms in total. The van der Waals surface area contributed by atoms with Crippen molar-refractivity contribution < 1.29 is 9.53 Å². The van der Waals surface area contributed by atoms with Crippen LogP contribution in [0, 0.1) is 0 Å². The van der Waals surface area contributed by atoms with E-state index in [2.05, 4.69) is 20.5 Å². The van der Waals surface area contributed by atoms with Gasteiger partial charge in [-0.1, -0.05) is 30.3 Å². The third kappa shape index (κ3) is 6.62. The van der Waals surface area contributed by atoms with E-state index in [0.717, 1.165) is 50.4 Å². The first kappa shape index (κ1) is 19.7. The molecule has 3 rings (SSSR count). The maximum atomic E-state index is 11.8. The van der Waals surface area contributed by atoms with Crippen LogP contribution >= 0.6 is 23.7 Å². The van der Waals surface area contributed by atoms with Crippen molar-refractivity contribution in [1.82, 2.24) is 15.2 Å². The highest BCUT2D eigenvalue weighted by molar-refractivity contribution is 7.13. The lowest BCUT2D eigenvalue weighted by atomic mass is 10.2. The number of benzene rings is 1. The zero-order valence-electron chi connectivity index (χ0n) is 13.9. The predicted octanol–water partition coefficient (Wildman–Crippen LogP) is 2.76. The number of nitrogens with one attached hydrogen (secondary N) is 2. The highest BCUT2D eigenvalue weighted by atomic mass is 35.5. The van der Waals surface area contributed by atoms with Crippen LogP contribution in [-0.4, -0.2) is 48.7 Å². The molecule has 2 N–H and O–H groups in total. The second-order valence-electron chi connectivity index (χ2n) is 5.67. The van der Waals surface area contributed by atoms with Gasteiger partial charge in [0.25, 0.3) is 0 Å². The molecule has 1 aromatic heterocycles. The van der Waals surface area contributed by atoms with Crippen LogP contribution in [0.3, 0.4) is 0 Å². The zero-order valence-corrected chi connectivity index (χ0v) is 15.6. The van der Waals surface area contributed by atoms with Crippen molar-refractivity contribution in [1.29, 1.82) is 0 Å². The lowest BCUT2D eigenvalue weighted by Crippen LogP contribution is -2.44. The smallest absolute Gasteiger partial charge is 0.413 e. The van der Waals surface area contributed by atoms with Crippen molar-refractivity contribution in [2.24, 2.45) is 0 Å². The molecular formula is C17H23ClN4O2S. The van der Waals surface area contributed by atoms with Crippen molar-refractivity contribution in [3.05, 3.63) is 47.0 Å². The second kappa shape index (κ2) is 10.4. The van der Waals surface area contributed by atoms with E-state index < -0.39 is 6.09 Å². The second-order valence-corrected chi connectivity index (χ2v) is 6.53. The number of amides is 1. The SMILES string of the molecule is Cl.O=C(Nc1nc(CCN2CCNCC2)cs1)OCc1ccccc1. The molecule has 1 aliphatic rings. The normalized spacial score (nSPS) is 14.6. The number of hydrogen-bond donors (Lipinski definition) is 2. The maximum Gasteiger partial charge on any atom is 0.413 e. The van der Waals surface area contributed by atoms with E-state index in [0.29, 0.717) is 5.13 Å². The summed E-state index contributed by atoms with van der Waals surface area (Å²) in [5.74, 6) is 0. The highest BCUT2D eigenvalue weighted by Gasteiger charge is 2.11. The molecule has 8 heteroatoms. The number of nitrogens with zero attached hydrogens (tertiary/aromatic N) is 2. The van der Waals surface area contributed by atoms with Crippen molar-refractivity contribution in [3.63, 3.8) is 0 Å². The summed E-state index contributed by atoms with van der Waals surface area (Å²) >= 11 is 1.43. The third-order valence-electron chi connectivity index (χ3n) is 3.87. The molecule has 0 aliphatic carbocycles. The molecule has 0 radical (unpaired) electrons. The van der Waals surface area contributed by atoms with Gasteiger partial charge in [-0.15, -0.1) is 23.7 Å². The summed E-state index contributed by atoms with van der Waals surface area (Å²) in [7, 11) is 0. The molecule has 1 aromatic carbocycles. The van der Waals surface area contributed by atoms with Gasteiger partial charge in [0.1, 0.15) is 6.61 Å². The molecule has 1 fully saturated rings. The Morgan fingerprint density at radius 2 is 2.04 bits per heavy atom. The number of aromatic nitrogens is 1. The first-order valence-corrected chi connectivity index (χ1v) is 9.03. The van der Waals surface area contributed by atoms with Gasteiger partial charge < -0.3 is 15.0 Å². The summed E-state index contributed by atoms with van der Waals surface area (Å²) in [6.07, 6.45) is 0.430. The van der Waals surface area contributed by atoms with E-state index in [4.69, 9.17) is 4.74 Å². The number of carbonyl (C=O) groups is 1. The van der Waals surface area contributed by atoms with Gasteiger partial charge in [0, 0.05) is 44.5 Å². The minimum Gasteiger partial charge on any atom is -0.444 e. The Bertz CT molecular complexity index is 647. The largest absolute Gasteiger partial charge is 0.444 e. The number of hydrogen-bond acceptors (Lipinski definition) is 6. The monoisotopic (exact) mass is 382 g/mol. The van der Waals surface area contributed by atoms with Gasteiger partial charge in [-0.05, 0) is 5.56 Å². The molecule has 1 saturated heterocycles. The first-order chi connectivity index (χ1) is 11.8. The van der Waals surface area contributed by atoms with Gasteiger partial charge in [-0.2, -0.15) is 0 Å². The molecule has 0 atom stereocenters. The molecule has 0 unspecified atom stereocenters. The van der Waals surface area contributed by atoms with Crippen LogP contribution in [0.15, 0.2) is 35.7 Å². The fraction of sp³-hybridized carbons (Fsp3) is 0.412. The lowest BCUT2D eigenvalue weighted by molar-refractivity contribution is 0.155. The molecule has 0 saturated carbocycles. The van der Waals surface area contributed by atoms with E-state index in [1.807, 2.05) is 35.7 Å². The van der Waals surface area contributed by atoms with E-state index in [1.54, 1.807) is 0 Å². The number of rotatable bonds is 6. The Morgan fingerprint density at radius 1 is 1.28 bits per heavy atom. The van der Waals surface area contributed by atoms with Gasteiger partial charge >= 0.3 is 6.09 Å². The van der Waals surface area contributed by atoms with Crippen LogP contribution in [0.25, 0.3) is 0 Å². The third-order valence-corrected chi connectivity index (χ3v) is 4.67. The fourth-order valence-electron chi connectivity index (χ4n) is 2.53. The van der Waals surface area contributed by atoms with Crippen LogP contribution < -0.4 is 10.6 Å². The minimum absolute atomic E-state index is 0. The van der Waals surface area contributed by atoms with Crippen LogP contribution in [0.1, 0.15) is 11.3 Å². The summed E-state index contributed by atoms with van der Waals surface area (Å²) in [6.45, 7) is 5.54. The number of carbonyl (C=O) groups excluding carboxylic acids is 1. The molecule has 1 amide bonds. The summed E-state index contributed by atoms with van der Waals surface area (Å²) in [6, 6.07) is 9.61. The molecule has 0 spiro atoms. The topological polar surface area (TPSA) is 66.5 Å².